The summed E-state index contributed by atoms with van der Waals surface area (Å²) >= 11 is 0. The number of rotatable bonds is 5. The van der Waals surface area contributed by atoms with Gasteiger partial charge >= 0.3 is 0 Å². The molecule has 156 valence electrons. The molecule has 1 amide bonds. The molecule has 0 aromatic carbocycles. The van der Waals surface area contributed by atoms with Crippen molar-refractivity contribution in [2.75, 3.05) is 32.7 Å². The molecule has 0 N–H and O–H groups in total. The highest BCUT2D eigenvalue weighted by Crippen LogP contribution is 2.49. The molecule has 1 atom stereocenters. The van der Waals surface area contributed by atoms with Crippen molar-refractivity contribution < 1.29 is 9.21 Å². The molecule has 7 heteroatoms. The highest BCUT2D eigenvalue weighted by molar-refractivity contribution is 5.78. The predicted molar refractivity (Wildman–Crippen MR) is 109 cm³/mol. The van der Waals surface area contributed by atoms with Crippen molar-refractivity contribution in [3.05, 3.63) is 41.9 Å². The van der Waals surface area contributed by atoms with Gasteiger partial charge in [0.25, 0.3) is 0 Å². The van der Waals surface area contributed by atoms with E-state index in [1.807, 2.05) is 24.0 Å². The number of hydrogen-bond acceptors (Lipinski definition) is 6. The Hall–Kier alpha value is -2.28. The summed E-state index contributed by atoms with van der Waals surface area (Å²) in [6.45, 7) is 11.0. The lowest BCUT2D eigenvalue weighted by atomic mass is 9.70. The molecule has 2 aromatic heterocycles. The van der Waals surface area contributed by atoms with Crippen LogP contribution in [0.5, 0.6) is 0 Å². The number of carbonyl (C=O) groups is 1. The van der Waals surface area contributed by atoms with E-state index in [0.29, 0.717) is 18.2 Å². The zero-order valence-corrected chi connectivity index (χ0v) is 17.7. The molecule has 2 saturated heterocycles. The largest absolute Gasteiger partial charge is 0.425 e. The standard InChI is InChI=1S/C22H31N5O2/c1-16(2)13-26-14-19(21-25-24-17(3)29-21)22(15-26)6-9-27(10-7-22)20(28)11-18-5-4-8-23-12-18/h4-5,8,12,16,19H,6-7,9-11,13-15H2,1-3H3. The molecule has 0 aliphatic carbocycles. The number of hydrogen-bond donors (Lipinski definition) is 0. The number of aromatic nitrogens is 3. The smallest absolute Gasteiger partial charge is 0.227 e. The van der Waals surface area contributed by atoms with E-state index in [2.05, 4.69) is 33.9 Å². The topological polar surface area (TPSA) is 75.4 Å². The Morgan fingerprint density at radius 1 is 1.31 bits per heavy atom. The monoisotopic (exact) mass is 397 g/mol. The second-order valence-corrected chi connectivity index (χ2v) is 9.08. The normalized spacial score (nSPS) is 21.9. The summed E-state index contributed by atoms with van der Waals surface area (Å²) < 4.78 is 5.87. The third-order valence-corrected chi connectivity index (χ3v) is 6.37. The number of carbonyl (C=O) groups excluding carboxylic acids is 1. The molecule has 2 aliphatic heterocycles. The second kappa shape index (κ2) is 8.22. The van der Waals surface area contributed by atoms with Crippen molar-refractivity contribution in [1.29, 1.82) is 0 Å². The minimum Gasteiger partial charge on any atom is -0.425 e. The SMILES string of the molecule is Cc1nnc(C2CN(CC(C)C)CC23CCN(C(=O)Cc2cccnc2)CC3)o1. The van der Waals surface area contributed by atoms with Crippen LogP contribution in [0.3, 0.4) is 0 Å². The number of amides is 1. The molecule has 0 saturated carbocycles. The van der Waals surface area contributed by atoms with Gasteiger partial charge < -0.3 is 14.2 Å². The highest BCUT2D eigenvalue weighted by atomic mass is 16.4. The molecule has 2 aliphatic rings. The van der Waals surface area contributed by atoms with Gasteiger partial charge in [-0.25, -0.2) is 0 Å². The van der Waals surface area contributed by atoms with Crippen molar-refractivity contribution in [3.63, 3.8) is 0 Å². The summed E-state index contributed by atoms with van der Waals surface area (Å²) in [5, 5.41) is 8.45. The van der Waals surface area contributed by atoms with Crippen LogP contribution in [0.15, 0.2) is 28.9 Å². The van der Waals surface area contributed by atoms with E-state index < -0.39 is 0 Å². The average Bonchev–Trinajstić information content (AvgIpc) is 3.26. The molecule has 1 unspecified atom stereocenters. The minimum atomic E-state index is 0.110. The first-order valence-corrected chi connectivity index (χ1v) is 10.6. The molecule has 1 spiro atoms. The third-order valence-electron chi connectivity index (χ3n) is 6.37. The van der Waals surface area contributed by atoms with E-state index in [1.165, 1.54) is 0 Å². The summed E-state index contributed by atoms with van der Waals surface area (Å²) in [7, 11) is 0. The summed E-state index contributed by atoms with van der Waals surface area (Å²) in [6, 6.07) is 3.84. The maximum Gasteiger partial charge on any atom is 0.227 e. The fourth-order valence-electron chi connectivity index (χ4n) is 5.02. The van der Waals surface area contributed by atoms with E-state index in [0.717, 1.165) is 57.0 Å². The molecule has 29 heavy (non-hydrogen) atoms. The Morgan fingerprint density at radius 2 is 2.10 bits per heavy atom. The first-order chi connectivity index (χ1) is 13.9. The first-order valence-electron chi connectivity index (χ1n) is 10.6. The molecule has 2 aromatic rings. The Bertz CT molecular complexity index is 827. The first kappa shape index (κ1) is 20.0. The van der Waals surface area contributed by atoms with Crippen LogP contribution in [-0.2, 0) is 11.2 Å². The van der Waals surface area contributed by atoms with Crippen LogP contribution in [0.4, 0.5) is 0 Å². The predicted octanol–water partition coefficient (Wildman–Crippen LogP) is 2.68. The molecule has 7 nitrogen and oxygen atoms in total. The van der Waals surface area contributed by atoms with E-state index in [1.54, 1.807) is 12.4 Å². The Labute approximate surface area is 172 Å². The van der Waals surface area contributed by atoms with E-state index >= 15 is 0 Å². The van der Waals surface area contributed by atoms with Crippen LogP contribution in [0.1, 0.15) is 50.0 Å². The van der Waals surface area contributed by atoms with Crippen LogP contribution in [0.25, 0.3) is 0 Å². The number of piperidine rings is 1. The van der Waals surface area contributed by atoms with Gasteiger partial charge in [-0.15, -0.1) is 10.2 Å². The van der Waals surface area contributed by atoms with Gasteiger partial charge in [-0.3, -0.25) is 9.78 Å². The van der Waals surface area contributed by atoms with E-state index in [4.69, 9.17) is 4.42 Å². The van der Waals surface area contributed by atoms with Gasteiger partial charge in [0.15, 0.2) is 0 Å². The van der Waals surface area contributed by atoms with E-state index in [-0.39, 0.29) is 17.2 Å². The van der Waals surface area contributed by atoms with Crippen molar-refractivity contribution in [2.24, 2.45) is 11.3 Å². The highest BCUT2D eigenvalue weighted by Gasteiger charge is 2.51. The number of pyridine rings is 1. The molecule has 0 radical (unpaired) electrons. The van der Waals surface area contributed by atoms with Crippen molar-refractivity contribution in [2.45, 2.75) is 46.0 Å². The maximum absolute atomic E-state index is 12.8. The van der Waals surface area contributed by atoms with Crippen molar-refractivity contribution in [1.82, 2.24) is 25.0 Å². The fraction of sp³-hybridized carbons (Fsp3) is 0.636. The lowest BCUT2D eigenvalue weighted by Crippen LogP contribution is -2.46. The van der Waals surface area contributed by atoms with Crippen molar-refractivity contribution >= 4 is 5.91 Å². The molecular formula is C22H31N5O2. The summed E-state index contributed by atoms with van der Waals surface area (Å²) in [5.41, 5.74) is 1.08. The third kappa shape index (κ3) is 4.34. The van der Waals surface area contributed by atoms with Gasteiger partial charge in [-0.2, -0.15) is 0 Å². The Morgan fingerprint density at radius 3 is 2.72 bits per heavy atom. The molecule has 2 fully saturated rings. The number of likely N-dealkylation sites (tertiary alicyclic amines) is 2. The lowest BCUT2D eigenvalue weighted by Gasteiger charge is -2.42. The molecule has 4 rings (SSSR count). The van der Waals surface area contributed by atoms with Gasteiger partial charge in [0.05, 0.1) is 12.3 Å². The van der Waals surface area contributed by atoms with Crippen LogP contribution >= 0.6 is 0 Å². The quantitative estimate of drug-likeness (QED) is 0.772. The van der Waals surface area contributed by atoms with Crippen LogP contribution in [0.2, 0.25) is 0 Å². The summed E-state index contributed by atoms with van der Waals surface area (Å²) in [6.07, 6.45) is 5.89. The minimum absolute atomic E-state index is 0.110. The van der Waals surface area contributed by atoms with Gasteiger partial charge in [0.1, 0.15) is 0 Å². The maximum atomic E-state index is 12.8. The zero-order chi connectivity index (χ0) is 20.4. The van der Waals surface area contributed by atoms with Gasteiger partial charge in [0.2, 0.25) is 17.7 Å². The molecular weight excluding hydrogens is 366 g/mol. The second-order valence-electron chi connectivity index (χ2n) is 9.08. The summed E-state index contributed by atoms with van der Waals surface area (Å²) in [4.78, 5) is 21.5. The molecule has 4 heterocycles. The molecule has 0 bridgehead atoms. The number of nitrogens with zero attached hydrogens (tertiary/aromatic N) is 5. The van der Waals surface area contributed by atoms with E-state index in [9.17, 15) is 4.79 Å². The van der Waals surface area contributed by atoms with Crippen molar-refractivity contribution in [3.8, 4) is 0 Å². The van der Waals surface area contributed by atoms with Gasteiger partial charge in [0, 0.05) is 52.0 Å². The number of aryl methyl sites for hydroxylation is 1. The van der Waals surface area contributed by atoms with Crippen LogP contribution < -0.4 is 0 Å². The van der Waals surface area contributed by atoms with Gasteiger partial charge in [-0.1, -0.05) is 19.9 Å². The van der Waals surface area contributed by atoms with Gasteiger partial charge in [-0.05, 0) is 35.8 Å². The lowest BCUT2D eigenvalue weighted by molar-refractivity contribution is -0.132. The zero-order valence-electron chi connectivity index (χ0n) is 17.7. The Kier molecular flexibility index (Phi) is 5.67. The fourth-order valence-corrected chi connectivity index (χ4v) is 5.02. The van der Waals surface area contributed by atoms with Crippen LogP contribution in [0, 0.1) is 18.3 Å². The summed E-state index contributed by atoms with van der Waals surface area (Å²) in [5.74, 6) is 2.45. The van der Waals surface area contributed by atoms with Crippen LogP contribution in [-0.4, -0.2) is 63.6 Å². The Balaban J connectivity index is 1.45. The average molecular weight is 398 g/mol.